The first-order valence-electron chi connectivity index (χ1n) is 5.04. The van der Waals surface area contributed by atoms with Crippen molar-refractivity contribution in [3.63, 3.8) is 0 Å². The predicted molar refractivity (Wildman–Crippen MR) is 73.9 cm³/mol. The van der Waals surface area contributed by atoms with Gasteiger partial charge in [-0.2, -0.15) is 0 Å². The highest BCUT2D eigenvalue weighted by Gasteiger charge is 2.01. The molecule has 2 rings (SSSR count). The van der Waals surface area contributed by atoms with Crippen LogP contribution in [-0.4, -0.2) is 15.0 Å². The molecule has 2 heterocycles. The number of aromatic nitrogens is 2. The van der Waals surface area contributed by atoms with Crippen LogP contribution in [0.2, 0.25) is 0 Å². The first-order chi connectivity index (χ1) is 8.25. The third-order valence-electron chi connectivity index (χ3n) is 2.10. The fourth-order valence-electron chi connectivity index (χ4n) is 1.28. The average Bonchev–Trinajstić information content (AvgIpc) is 2.38. The Morgan fingerprint density at radius 2 is 2.12 bits per heavy atom. The molecule has 17 heavy (non-hydrogen) atoms. The Morgan fingerprint density at radius 1 is 1.24 bits per heavy atom. The van der Waals surface area contributed by atoms with E-state index in [4.69, 9.17) is 18.0 Å². The van der Waals surface area contributed by atoms with Gasteiger partial charge in [0.1, 0.15) is 4.99 Å². The van der Waals surface area contributed by atoms with Crippen molar-refractivity contribution in [2.75, 3.05) is 0 Å². The molecule has 5 heteroatoms. The molecule has 0 bridgehead atoms. The molecule has 2 aromatic rings. The van der Waals surface area contributed by atoms with E-state index in [9.17, 15) is 0 Å². The minimum atomic E-state index is 0.324. The van der Waals surface area contributed by atoms with Crippen LogP contribution in [-0.2, 0) is 5.75 Å². The predicted octanol–water partition coefficient (Wildman–Crippen LogP) is 2.40. The van der Waals surface area contributed by atoms with E-state index in [2.05, 4.69) is 9.97 Å². The summed E-state index contributed by atoms with van der Waals surface area (Å²) in [5, 5.41) is 0. The second-order valence-electron chi connectivity index (χ2n) is 3.35. The van der Waals surface area contributed by atoms with Gasteiger partial charge in [-0.05, 0) is 24.3 Å². The molecule has 0 aliphatic carbocycles. The van der Waals surface area contributed by atoms with Crippen LogP contribution in [0.25, 0.3) is 0 Å². The Hall–Kier alpha value is -1.46. The zero-order chi connectivity index (χ0) is 12.1. The van der Waals surface area contributed by atoms with Crippen molar-refractivity contribution in [3.05, 3.63) is 54.1 Å². The maximum Gasteiger partial charge on any atom is 0.122 e. The monoisotopic (exact) mass is 261 g/mol. The lowest BCUT2D eigenvalue weighted by atomic mass is 10.3. The molecular weight excluding hydrogens is 250 g/mol. The van der Waals surface area contributed by atoms with Gasteiger partial charge in [0.05, 0.1) is 11.4 Å². The summed E-state index contributed by atoms with van der Waals surface area (Å²) in [4.78, 5) is 9.78. The second-order valence-corrected chi connectivity index (χ2v) is 4.84. The summed E-state index contributed by atoms with van der Waals surface area (Å²) in [6.45, 7) is 0. The maximum atomic E-state index is 5.54. The normalized spacial score (nSPS) is 10.1. The van der Waals surface area contributed by atoms with E-state index >= 15 is 0 Å². The van der Waals surface area contributed by atoms with Gasteiger partial charge in [0.15, 0.2) is 0 Å². The van der Waals surface area contributed by atoms with Gasteiger partial charge in [0.25, 0.3) is 0 Å². The van der Waals surface area contributed by atoms with E-state index in [1.54, 1.807) is 24.2 Å². The minimum Gasteiger partial charge on any atom is -0.388 e. The molecule has 2 aromatic heterocycles. The first-order valence-corrected chi connectivity index (χ1v) is 6.43. The zero-order valence-electron chi connectivity index (χ0n) is 9.04. The van der Waals surface area contributed by atoms with E-state index in [-0.39, 0.29) is 0 Å². The highest BCUT2D eigenvalue weighted by molar-refractivity contribution is 7.98. The largest absolute Gasteiger partial charge is 0.388 e. The fraction of sp³-hybridized carbons (Fsp3) is 0.0833. The second kappa shape index (κ2) is 5.75. The molecule has 0 radical (unpaired) electrons. The third kappa shape index (κ3) is 3.51. The van der Waals surface area contributed by atoms with Gasteiger partial charge in [-0.1, -0.05) is 18.3 Å². The van der Waals surface area contributed by atoms with Crippen LogP contribution >= 0.6 is 24.0 Å². The fourth-order valence-corrected chi connectivity index (χ4v) is 2.23. The van der Waals surface area contributed by atoms with Crippen molar-refractivity contribution in [2.45, 2.75) is 10.6 Å². The highest BCUT2D eigenvalue weighted by Crippen LogP contribution is 2.21. The molecule has 3 nitrogen and oxygen atoms in total. The van der Waals surface area contributed by atoms with Gasteiger partial charge >= 0.3 is 0 Å². The van der Waals surface area contributed by atoms with Crippen LogP contribution in [0.3, 0.4) is 0 Å². The maximum absolute atomic E-state index is 5.54. The van der Waals surface area contributed by atoms with E-state index in [0.717, 1.165) is 16.3 Å². The molecule has 0 saturated carbocycles. The molecule has 0 amide bonds. The van der Waals surface area contributed by atoms with Crippen LogP contribution in [0.4, 0.5) is 0 Å². The molecule has 2 N–H and O–H groups in total. The summed E-state index contributed by atoms with van der Waals surface area (Å²) in [7, 11) is 0. The van der Waals surface area contributed by atoms with E-state index in [1.165, 1.54) is 0 Å². The Morgan fingerprint density at radius 3 is 2.82 bits per heavy atom. The van der Waals surface area contributed by atoms with Crippen molar-refractivity contribution >= 4 is 29.0 Å². The van der Waals surface area contributed by atoms with E-state index < -0.39 is 0 Å². The van der Waals surface area contributed by atoms with Crippen LogP contribution in [0, 0.1) is 0 Å². The summed E-state index contributed by atoms with van der Waals surface area (Å²) >= 11 is 6.58. The number of hydrogen-bond donors (Lipinski definition) is 1. The average molecular weight is 261 g/mol. The lowest BCUT2D eigenvalue weighted by Gasteiger charge is -2.03. The number of pyridine rings is 2. The van der Waals surface area contributed by atoms with E-state index in [1.807, 2.05) is 30.3 Å². The number of thioether (sulfide) groups is 1. The smallest absolute Gasteiger partial charge is 0.122 e. The van der Waals surface area contributed by atoms with Crippen LogP contribution < -0.4 is 5.73 Å². The molecule has 0 unspecified atom stereocenters. The number of nitrogens with two attached hydrogens (primary N) is 1. The van der Waals surface area contributed by atoms with Crippen molar-refractivity contribution in [3.8, 4) is 0 Å². The number of thiocarbonyl (C=S) groups is 1. The molecule has 0 atom stereocenters. The van der Waals surface area contributed by atoms with Gasteiger partial charge in [-0.25, -0.2) is 0 Å². The third-order valence-corrected chi connectivity index (χ3v) is 3.33. The topological polar surface area (TPSA) is 51.8 Å². The molecule has 0 aromatic carbocycles. The number of hydrogen-bond acceptors (Lipinski definition) is 4. The summed E-state index contributed by atoms with van der Waals surface area (Å²) in [6.07, 6.45) is 3.51. The lowest BCUT2D eigenvalue weighted by molar-refractivity contribution is 1.17. The summed E-state index contributed by atoms with van der Waals surface area (Å²) in [5.41, 5.74) is 7.24. The molecule has 0 aliphatic heterocycles. The van der Waals surface area contributed by atoms with Gasteiger partial charge in [-0.3, -0.25) is 9.97 Å². The summed E-state index contributed by atoms with van der Waals surface area (Å²) < 4.78 is 0. The Kier molecular flexibility index (Phi) is 4.06. The van der Waals surface area contributed by atoms with Crippen LogP contribution in [0.5, 0.6) is 0 Å². The van der Waals surface area contributed by atoms with Gasteiger partial charge in [-0.15, -0.1) is 11.8 Å². The van der Waals surface area contributed by atoms with Crippen molar-refractivity contribution in [1.82, 2.24) is 9.97 Å². The van der Waals surface area contributed by atoms with Crippen LogP contribution in [0.1, 0.15) is 11.4 Å². The first kappa shape index (κ1) is 12.0. The molecular formula is C12H11N3S2. The quantitative estimate of drug-likeness (QED) is 0.676. The number of rotatable bonds is 4. The van der Waals surface area contributed by atoms with Gasteiger partial charge in [0.2, 0.25) is 0 Å². The Balaban J connectivity index is 2.04. The van der Waals surface area contributed by atoms with Crippen molar-refractivity contribution in [2.24, 2.45) is 5.73 Å². The number of nitrogens with zero attached hydrogens (tertiary/aromatic N) is 2. The van der Waals surface area contributed by atoms with E-state index in [0.29, 0.717) is 10.7 Å². The molecule has 0 saturated heterocycles. The lowest BCUT2D eigenvalue weighted by Crippen LogP contribution is -2.11. The van der Waals surface area contributed by atoms with Crippen LogP contribution in [0.15, 0.2) is 47.6 Å². The standard InChI is InChI=1S/C12H11N3S2/c13-12(16)11-7-10(4-6-15-11)17-8-9-3-1-2-5-14-9/h1-7H,8H2,(H2,13,16). The Bertz CT molecular complexity index is 514. The molecule has 0 spiro atoms. The van der Waals surface area contributed by atoms with Crippen molar-refractivity contribution < 1.29 is 0 Å². The zero-order valence-corrected chi connectivity index (χ0v) is 10.7. The van der Waals surface area contributed by atoms with Crippen molar-refractivity contribution in [1.29, 1.82) is 0 Å². The Labute approximate surface area is 109 Å². The molecule has 0 fully saturated rings. The summed E-state index contributed by atoms with van der Waals surface area (Å²) in [5.74, 6) is 0.821. The highest BCUT2D eigenvalue weighted by atomic mass is 32.2. The van der Waals surface area contributed by atoms with Gasteiger partial charge < -0.3 is 5.73 Å². The SMILES string of the molecule is NC(=S)c1cc(SCc2ccccn2)ccn1. The minimum absolute atomic E-state index is 0.324. The summed E-state index contributed by atoms with van der Waals surface area (Å²) in [6, 6.07) is 9.73. The van der Waals surface area contributed by atoms with Gasteiger partial charge in [0, 0.05) is 23.0 Å². The molecule has 86 valence electrons. The molecule has 0 aliphatic rings.